The van der Waals surface area contributed by atoms with Crippen molar-refractivity contribution in [2.75, 3.05) is 9.80 Å². The second kappa shape index (κ2) is 15.9. The van der Waals surface area contributed by atoms with E-state index in [1.807, 2.05) is 133 Å². The first kappa shape index (κ1) is 33.5. The van der Waals surface area contributed by atoms with Crippen molar-refractivity contribution in [3.05, 3.63) is 229 Å². The monoisotopic (exact) mass is 1040 g/mol. The lowest BCUT2D eigenvalue weighted by Gasteiger charge is -2.26. The highest BCUT2D eigenvalue weighted by molar-refractivity contribution is 6.32. The Morgan fingerprint density at radius 1 is 0.338 bits per heavy atom. The molecule has 0 saturated heterocycles. The van der Waals surface area contributed by atoms with Crippen molar-refractivity contribution in [3.63, 3.8) is 0 Å². The molecule has 0 aliphatic rings. The maximum absolute atomic E-state index is 10.8. The van der Waals surface area contributed by atoms with E-state index < -0.39 is 60.4 Å². The summed E-state index contributed by atoms with van der Waals surface area (Å²) in [6.45, 7) is 12.6. The Bertz CT molecular complexity index is 5880. The smallest absolute Gasteiger partial charge is 0.159 e. The zero-order valence-corrected chi connectivity index (χ0v) is 44.3. The topological polar surface area (TPSA) is 41.6 Å². The standard InChI is InChI=1S/C74H54N4O2/c1-73(2,3)55-31-17-27-47-49-29-19-35-61(71(49)79-69(47)55)75(43-21-9-7-10-22-43)59-39-37-45-53-41-64-54(42-63(53)77-57-33-15-13-25-51(57)65(59)67(45)77)46-38-40-60(66-52-26-14-16-34-58(52)78(64)68(46)66)76(44-23-11-8-12-24-44)62-36-20-30-50-48-28-18-32-56(74(4,5)6)70(48)80-72(50)62/h7-42H,1-6H3/i13D,14D,15D,16D,25D,26D,33D,34D,37D,38D,39D,40D,41D,42D. The van der Waals surface area contributed by atoms with Crippen LogP contribution in [0.4, 0.5) is 34.1 Å². The molecule has 6 nitrogen and oxygen atoms in total. The molecule has 0 spiro atoms. The van der Waals surface area contributed by atoms with Gasteiger partial charge in [-0.05, 0) is 83.5 Å². The molecule has 6 heterocycles. The lowest BCUT2D eigenvalue weighted by molar-refractivity contribution is 0.572. The van der Waals surface area contributed by atoms with E-state index in [0.717, 1.165) is 32.7 Å². The Morgan fingerprint density at radius 2 is 0.725 bits per heavy atom. The minimum absolute atomic E-state index is 0.0136. The normalized spacial score (nSPS) is 15.3. The molecule has 0 aliphatic carbocycles. The summed E-state index contributed by atoms with van der Waals surface area (Å²) in [4.78, 5) is 3.56. The highest BCUT2D eigenvalue weighted by Crippen LogP contribution is 2.53. The van der Waals surface area contributed by atoms with Crippen LogP contribution in [-0.2, 0) is 10.8 Å². The third-order valence-corrected chi connectivity index (χ3v) is 16.3. The number of para-hydroxylation sites is 8. The largest absolute Gasteiger partial charge is 0.454 e. The first-order chi connectivity index (χ1) is 44.9. The molecule has 0 bridgehead atoms. The van der Waals surface area contributed by atoms with Crippen molar-refractivity contribution < 1.29 is 28.0 Å². The Balaban J connectivity index is 1.06. The average Bonchev–Trinajstić information content (AvgIpc) is 1.48. The van der Waals surface area contributed by atoms with Gasteiger partial charge in [0.15, 0.2) is 11.2 Å². The van der Waals surface area contributed by atoms with Gasteiger partial charge in [-0.25, -0.2) is 0 Å². The number of hydrogen-bond donors (Lipinski definition) is 0. The van der Waals surface area contributed by atoms with E-state index in [-0.39, 0.29) is 123 Å². The van der Waals surface area contributed by atoms with Crippen molar-refractivity contribution in [1.29, 1.82) is 0 Å². The molecule has 6 aromatic heterocycles. The first-order valence-corrected chi connectivity index (χ1v) is 26.8. The molecule has 382 valence electrons. The highest BCUT2D eigenvalue weighted by atomic mass is 16.3. The maximum atomic E-state index is 10.8. The van der Waals surface area contributed by atoms with Crippen LogP contribution in [0.5, 0.6) is 0 Å². The molecule has 0 amide bonds. The van der Waals surface area contributed by atoms with Crippen LogP contribution in [0.3, 0.4) is 0 Å². The first-order valence-electron chi connectivity index (χ1n) is 33.8. The number of nitrogens with zero attached hydrogens (tertiary/aromatic N) is 4. The van der Waals surface area contributed by atoms with E-state index in [1.54, 1.807) is 9.80 Å². The van der Waals surface area contributed by atoms with Crippen LogP contribution in [0.2, 0.25) is 0 Å². The van der Waals surface area contributed by atoms with Gasteiger partial charge in [0.05, 0.1) is 75.0 Å². The Morgan fingerprint density at radius 3 is 1.14 bits per heavy atom. The molecule has 0 fully saturated rings. The Kier molecular flexibility index (Phi) is 6.67. The molecular weight excluding hydrogens is 977 g/mol. The van der Waals surface area contributed by atoms with Crippen LogP contribution in [0, 0.1) is 0 Å². The zero-order valence-electron chi connectivity index (χ0n) is 58.3. The van der Waals surface area contributed by atoms with Gasteiger partial charge in [0, 0.05) is 87.1 Å². The van der Waals surface area contributed by atoms with Gasteiger partial charge in [0.2, 0.25) is 0 Å². The molecule has 0 atom stereocenters. The quantitative estimate of drug-likeness (QED) is 0.166. The molecule has 0 N–H and O–H groups in total. The molecule has 0 aliphatic heterocycles. The lowest BCUT2D eigenvalue weighted by Crippen LogP contribution is -2.11. The van der Waals surface area contributed by atoms with Crippen molar-refractivity contribution >= 4 is 154 Å². The summed E-state index contributed by atoms with van der Waals surface area (Å²) in [5.41, 5.74) is 5.41. The van der Waals surface area contributed by atoms with E-state index >= 15 is 0 Å². The van der Waals surface area contributed by atoms with Gasteiger partial charge in [-0.15, -0.1) is 0 Å². The van der Waals surface area contributed by atoms with E-state index in [0.29, 0.717) is 45.1 Å². The summed E-state index contributed by atoms with van der Waals surface area (Å²) in [6, 6.07) is 35.2. The second-order valence-electron chi connectivity index (χ2n) is 22.9. The minimum atomic E-state index is -0.595. The predicted octanol–water partition coefficient (Wildman–Crippen LogP) is 21.3. The van der Waals surface area contributed by atoms with Gasteiger partial charge in [0.1, 0.15) is 11.2 Å². The van der Waals surface area contributed by atoms with Crippen LogP contribution in [0.1, 0.15) is 71.9 Å². The van der Waals surface area contributed by atoms with E-state index in [1.165, 1.54) is 8.80 Å². The zero-order chi connectivity index (χ0) is 65.7. The third-order valence-electron chi connectivity index (χ3n) is 16.3. The number of hydrogen-bond acceptors (Lipinski definition) is 4. The molecule has 6 heteroatoms. The lowest BCUT2D eigenvalue weighted by atomic mass is 9.86. The fourth-order valence-electron chi connectivity index (χ4n) is 12.8. The van der Waals surface area contributed by atoms with Gasteiger partial charge < -0.3 is 27.4 Å². The van der Waals surface area contributed by atoms with Gasteiger partial charge in [-0.2, -0.15) is 0 Å². The van der Waals surface area contributed by atoms with Crippen LogP contribution >= 0.6 is 0 Å². The molecule has 0 radical (unpaired) electrons. The summed E-state index contributed by atoms with van der Waals surface area (Å²) < 4.78 is 157. The van der Waals surface area contributed by atoms with E-state index in [9.17, 15) is 19.2 Å². The van der Waals surface area contributed by atoms with E-state index in [2.05, 4.69) is 41.5 Å². The Labute approximate surface area is 480 Å². The molecule has 11 aromatic carbocycles. The van der Waals surface area contributed by atoms with Gasteiger partial charge in [-0.3, -0.25) is 0 Å². The molecule has 17 aromatic rings. The highest BCUT2D eigenvalue weighted by Gasteiger charge is 2.31. The van der Waals surface area contributed by atoms with Gasteiger partial charge in [-0.1, -0.05) is 187 Å². The van der Waals surface area contributed by atoms with Crippen LogP contribution in [-0.4, -0.2) is 8.80 Å². The molecule has 17 rings (SSSR count). The molecule has 0 unspecified atom stereocenters. The number of fused-ring (bicyclic) bond motifs is 18. The van der Waals surface area contributed by atoms with Crippen molar-refractivity contribution in [2.45, 2.75) is 52.4 Å². The Hall–Kier alpha value is -9.78. The number of furan rings is 2. The number of rotatable bonds is 6. The van der Waals surface area contributed by atoms with Gasteiger partial charge >= 0.3 is 0 Å². The fourth-order valence-corrected chi connectivity index (χ4v) is 12.8. The molecular formula is C74H54N4O2. The number of anilines is 6. The minimum Gasteiger partial charge on any atom is -0.454 e. The summed E-state index contributed by atoms with van der Waals surface area (Å²) in [5, 5.41) is 3.28. The van der Waals surface area contributed by atoms with Gasteiger partial charge in [0.25, 0.3) is 0 Å². The summed E-state index contributed by atoms with van der Waals surface area (Å²) in [7, 11) is 0. The summed E-state index contributed by atoms with van der Waals surface area (Å²) >= 11 is 0. The SMILES string of the molecule is [2H]c1c([2H])c([2H])c2c(c1[2H])c1c(N(c3ccccc3)c3cccc4c3oc3c(C(C)(C)C)cccc34)c([2H])c([2H])c3c4c([2H])c5c(c([2H])c4n2c31)c1c([2H])c([2H])c(N(c2ccccc2)c2cccc3c2oc2c(C(C)(C)C)cccc23)c2c3c([2H])c([2H])c([2H])c([2H])c3n5c12. The van der Waals surface area contributed by atoms with Crippen LogP contribution in [0.25, 0.3) is 120 Å². The van der Waals surface area contributed by atoms with Crippen molar-refractivity contribution in [3.8, 4) is 0 Å². The van der Waals surface area contributed by atoms with Crippen molar-refractivity contribution in [2.24, 2.45) is 0 Å². The summed E-state index contributed by atoms with van der Waals surface area (Å²) in [6.07, 6.45) is 0. The second-order valence-corrected chi connectivity index (χ2v) is 22.9. The van der Waals surface area contributed by atoms with Crippen LogP contribution in [0.15, 0.2) is 227 Å². The van der Waals surface area contributed by atoms with Crippen LogP contribution < -0.4 is 9.80 Å². The third kappa shape index (κ3) is 6.02. The summed E-state index contributed by atoms with van der Waals surface area (Å²) in [5.74, 6) is 0. The fraction of sp³-hybridized carbons (Fsp3) is 0.108. The number of aromatic nitrogens is 2. The molecule has 80 heavy (non-hydrogen) atoms. The van der Waals surface area contributed by atoms with Crippen molar-refractivity contribution in [1.82, 2.24) is 8.80 Å². The molecule has 0 saturated carbocycles. The maximum Gasteiger partial charge on any atom is 0.159 e. The number of benzene rings is 11. The van der Waals surface area contributed by atoms with E-state index in [4.69, 9.17) is 8.83 Å². The predicted molar refractivity (Wildman–Crippen MR) is 337 cm³/mol. The average molecular weight is 1050 g/mol.